The van der Waals surface area contributed by atoms with Gasteiger partial charge in [-0.15, -0.1) is 0 Å². The molecule has 39 heavy (non-hydrogen) atoms. The highest BCUT2D eigenvalue weighted by molar-refractivity contribution is 6.33. The van der Waals surface area contributed by atoms with E-state index in [0.717, 1.165) is 56.4 Å². The molecular weight excluding hydrogens is 512 g/mol. The topological polar surface area (TPSA) is 73.0 Å². The lowest BCUT2D eigenvalue weighted by Gasteiger charge is -2.37. The molecular formula is C31H39ClN4O3. The van der Waals surface area contributed by atoms with Crippen LogP contribution in [0.4, 0.5) is 0 Å². The summed E-state index contributed by atoms with van der Waals surface area (Å²) in [5, 5.41) is 3.53. The molecule has 2 aromatic rings. The van der Waals surface area contributed by atoms with Crippen LogP contribution in [0.5, 0.6) is 0 Å². The Morgan fingerprint density at radius 3 is 2.46 bits per heavy atom. The van der Waals surface area contributed by atoms with E-state index in [9.17, 15) is 14.4 Å². The molecule has 0 unspecified atom stereocenters. The van der Waals surface area contributed by atoms with Crippen molar-refractivity contribution in [3.8, 4) is 0 Å². The summed E-state index contributed by atoms with van der Waals surface area (Å²) in [6, 6.07) is 12.8. The van der Waals surface area contributed by atoms with Crippen molar-refractivity contribution in [3.05, 3.63) is 69.7 Å². The van der Waals surface area contributed by atoms with E-state index in [1.54, 1.807) is 24.3 Å². The molecule has 0 aromatic heterocycles. The fraction of sp³-hybridized carbons (Fsp3) is 0.516. The van der Waals surface area contributed by atoms with E-state index >= 15 is 0 Å². The first-order chi connectivity index (χ1) is 18.9. The van der Waals surface area contributed by atoms with Gasteiger partial charge in [0.1, 0.15) is 0 Å². The average molecular weight is 551 g/mol. The van der Waals surface area contributed by atoms with Crippen molar-refractivity contribution in [2.24, 2.45) is 0 Å². The summed E-state index contributed by atoms with van der Waals surface area (Å²) in [5.74, 6) is 0.0109. The van der Waals surface area contributed by atoms with Crippen molar-refractivity contribution in [2.75, 3.05) is 39.8 Å². The molecule has 3 aliphatic rings. The number of likely N-dealkylation sites (tertiary alicyclic amines) is 2. The van der Waals surface area contributed by atoms with Gasteiger partial charge in [-0.25, -0.2) is 0 Å². The third-order valence-electron chi connectivity index (χ3n) is 8.67. The molecule has 1 atom stereocenters. The van der Waals surface area contributed by atoms with Crippen molar-refractivity contribution in [1.82, 2.24) is 20.0 Å². The number of nitrogens with one attached hydrogen (secondary N) is 1. The highest BCUT2D eigenvalue weighted by Crippen LogP contribution is 2.33. The normalized spacial score (nSPS) is 19.9. The average Bonchev–Trinajstić information content (AvgIpc) is 3.37. The summed E-state index contributed by atoms with van der Waals surface area (Å²) in [4.78, 5) is 45.3. The van der Waals surface area contributed by atoms with Gasteiger partial charge in [0, 0.05) is 44.7 Å². The monoisotopic (exact) mass is 550 g/mol. The number of aryl methyl sites for hydroxylation is 1. The highest BCUT2D eigenvalue weighted by Gasteiger charge is 2.30. The number of piperidine rings is 2. The predicted octanol–water partition coefficient (Wildman–Crippen LogP) is 4.70. The van der Waals surface area contributed by atoms with E-state index < -0.39 is 0 Å². The van der Waals surface area contributed by atoms with Crippen LogP contribution >= 0.6 is 11.6 Å². The van der Waals surface area contributed by atoms with Gasteiger partial charge in [0.05, 0.1) is 16.6 Å². The van der Waals surface area contributed by atoms with Crippen LogP contribution in [-0.4, -0.2) is 78.2 Å². The molecule has 1 N–H and O–H groups in total. The molecule has 7 nitrogen and oxygen atoms in total. The Morgan fingerprint density at radius 1 is 0.974 bits per heavy atom. The lowest BCUT2D eigenvalue weighted by Crippen LogP contribution is -2.47. The zero-order chi connectivity index (χ0) is 27.4. The van der Waals surface area contributed by atoms with Crippen LogP contribution in [0.25, 0.3) is 0 Å². The van der Waals surface area contributed by atoms with Crippen LogP contribution in [0.15, 0.2) is 42.5 Å². The van der Waals surface area contributed by atoms with Gasteiger partial charge in [0.25, 0.3) is 11.8 Å². The van der Waals surface area contributed by atoms with Crippen LogP contribution in [0.3, 0.4) is 0 Å². The maximum Gasteiger partial charge on any atom is 0.253 e. The van der Waals surface area contributed by atoms with Crippen LogP contribution in [0, 0.1) is 0 Å². The molecule has 5 rings (SSSR count). The minimum atomic E-state index is -0.204. The molecule has 208 valence electrons. The molecule has 2 aromatic carbocycles. The van der Waals surface area contributed by atoms with Gasteiger partial charge >= 0.3 is 0 Å². The Labute approximate surface area is 236 Å². The first-order valence-corrected chi connectivity index (χ1v) is 14.7. The first-order valence-electron chi connectivity index (χ1n) is 14.4. The number of carbonyl (C=O) groups excluding carboxylic acids is 3. The SMILES string of the molecule is CN(C(=O)c1ccc2c(c1)[C@H](NC(=O)c1ccccc1Cl)CC2)C1CCN(C(=O)CCN2CCCCC2)CC1. The lowest BCUT2D eigenvalue weighted by atomic mass is 10.00. The third kappa shape index (κ3) is 6.47. The number of carbonyl (C=O) groups is 3. The van der Waals surface area contributed by atoms with Crippen LogP contribution in [0.1, 0.15) is 82.8 Å². The third-order valence-corrected chi connectivity index (χ3v) is 9.00. The van der Waals surface area contributed by atoms with Gasteiger partial charge in [0.2, 0.25) is 5.91 Å². The number of halogens is 1. The molecule has 2 fully saturated rings. The van der Waals surface area contributed by atoms with E-state index in [4.69, 9.17) is 11.6 Å². The molecule has 0 radical (unpaired) electrons. The number of amides is 3. The minimum Gasteiger partial charge on any atom is -0.345 e. The predicted molar refractivity (Wildman–Crippen MR) is 153 cm³/mol. The summed E-state index contributed by atoms with van der Waals surface area (Å²) >= 11 is 6.22. The van der Waals surface area contributed by atoms with Crippen LogP contribution in [-0.2, 0) is 11.2 Å². The van der Waals surface area contributed by atoms with E-state index in [1.165, 1.54) is 19.3 Å². The van der Waals surface area contributed by atoms with E-state index in [2.05, 4.69) is 10.2 Å². The second-order valence-electron chi connectivity index (χ2n) is 11.1. The molecule has 0 bridgehead atoms. The first kappa shape index (κ1) is 27.7. The van der Waals surface area contributed by atoms with Crippen LogP contribution < -0.4 is 5.32 Å². The Balaban J connectivity index is 1.15. The summed E-state index contributed by atoms with van der Waals surface area (Å²) in [6.07, 6.45) is 7.60. The number of rotatable bonds is 7. The Bertz CT molecular complexity index is 1200. The number of hydrogen-bond acceptors (Lipinski definition) is 4. The van der Waals surface area contributed by atoms with Gasteiger partial charge in [-0.3, -0.25) is 14.4 Å². The zero-order valence-electron chi connectivity index (χ0n) is 22.8. The zero-order valence-corrected chi connectivity index (χ0v) is 23.6. The van der Waals surface area contributed by atoms with Gasteiger partial charge < -0.3 is 20.0 Å². The highest BCUT2D eigenvalue weighted by atomic mass is 35.5. The number of nitrogens with zero attached hydrogens (tertiary/aromatic N) is 3. The van der Waals surface area contributed by atoms with E-state index in [1.807, 2.05) is 35.0 Å². The van der Waals surface area contributed by atoms with Gasteiger partial charge in [-0.05, 0) is 87.0 Å². The number of benzene rings is 2. The van der Waals surface area contributed by atoms with Crippen molar-refractivity contribution in [3.63, 3.8) is 0 Å². The summed E-state index contributed by atoms with van der Waals surface area (Å²) in [7, 11) is 1.87. The van der Waals surface area contributed by atoms with Crippen molar-refractivity contribution >= 4 is 29.3 Å². The van der Waals surface area contributed by atoms with Gasteiger partial charge in [-0.2, -0.15) is 0 Å². The molecule has 2 aliphatic heterocycles. The molecule has 2 saturated heterocycles. The van der Waals surface area contributed by atoms with Crippen molar-refractivity contribution < 1.29 is 14.4 Å². The molecule has 2 heterocycles. The molecule has 3 amide bonds. The largest absolute Gasteiger partial charge is 0.345 e. The molecule has 0 saturated carbocycles. The molecule has 8 heteroatoms. The number of hydrogen-bond donors (Lipinski definition) is 1. The maximum absolute atomic E-state index is 13.5. The van der Waals surface area contributed by atoms with Gasteiger partial charge in [-0.1, -0.05) is 36.2 Å². The molecule has 1 aliphatic carbocycles. The number of fused-ring (bicyclic) bond motifs is 1. The minimum absolute atomic E-state index is 0.0178. The van der Waals surface area contributed by atoms with E-state index in [0.29, 0.717) is 35.7 Å². The van der Waals surface area contributed by atoms with Crippen molar-refractivity contribution in [2.45, 2.75) is 63.5 Å². The fourth-order valence-electron chi connectivity index (χ4n) is 6.23. The lowest BCUT2D eigenvalue weighted by molar-refractivity contribution is -0.133. The summed E-state index contributed by atoms with van der Waals surface area (Å²) in [5.41, 5.74) is 3.25. The summed E-state index contributed by atoms with van der Waals surface area (Å²) in [6.45, 7) is 4.47. The summed E-state index contributed by atoms with van der Waals surface area (Å²) < 4.78 is 0. The second-order valence-corrected chi connectivity index (χ2v) is 11.5. The smallest absolute Gasteiger partial charge is 0.253 e. The Hall–Kier alpha value is -2.90. The fourth-order valence-corrected chi connectivity index (χ4v) is 6.46. The standard InChI is InChI=1S/C31H39ClN4O3/c1-34(24-13-19-36(20-14-24)29(37)15-18-35-16-5-2-6-17-35)31(39)23-10-9-22-11-12-28(26(22)21-23)33-30(38)25-7-3-4-8-27(25)32/h3-4,7-10,21,24,28H,2,5-6,11-20H2,1H3,(H,33,38)/t28-/m1/s1. The van der Waals surface area contributed by atoms with Gasteiger partial charge in [0.15, 0.2) is 0 Å². The van der Waals surface area contributed by atoms with Crippen molar-refractivity contribution in [1.29, 1.82) is 0 Å². The Kier molecular flexibility index (Phi) is 8.88. The maximum atomic E-state index is 13.5. The Morgan fingerprint density at radius 2 is 1.72 bits per heavy atom. The van der Waals surface area contributed by atoms with Crippen LogP contribution in [0.2, 0.25) is 5.02 Å². The quantitative estimate of drug-likeness (QED) is 0.542. The second kappa shape index (κ2) is 12.5. The van der Waals surface area contributed by atoms with E-state index in [-0.39, 0.29) is 29.8 Å². The molecule has 0 spiro atoms.